The van der Waals surface area contributed by atoms with Crippen molar-refractivity contribution < 1.29 is 0 Å². The Morgan fingerprint density at radius 3 is 2.45 bits per heavy atom. The molecule has 5 nitrogen and oxygen atoms in total. The number of hydrogen-bond donors (Lipinski definition) is 2. The second-order valence-corrected chi connectivity index (χ2v) is 8.96. The van der Waals surface area contributed by atoms with Gasteiger partial charge in [-0.25, -0.2) is 0 Å². The van der Waals surface area contributed by atoms with Crippen molar-refractivity contribution in [1.29, 1.82) is 0 Å². The minimum Gasteiger partial charge on any atom is -0.331 e. The Labute approximate surface area is 177 Å². The molecule has 4 aliphatic rings. The summed E-state index contributed by atoms with van der Waals surface area (Å²) in [4.78, 5) is 5.24. The molecule has 2 N–H and O–H groups in total. The Morgan fingerprint density at radius 2 is 1.76 bits per heavy atom. The van der Waals surface area contributed by atoms with Gasteiger partial charge < -0.3 is 15.1 Å². The first-order valence-electron chi connectivity index (χ1n) is 10.3. The van der Waals surface area contributed by atoms with E-state index in [1.807, 2.05) is 12.1 Å². The lowest BCUT2D eigenvalue weighted by Gasteiger charge is -2.50. The fourth-order valence-electron chi connectivity index (χ4n) is 5.25. The average molecular weight is 406 g/mol. The monoisotopic (exact) mass is 405 g/mol. The Bertz CT molecular complexity index is 925. The van der Waals surface area contributed by atoms with E-state index in [1.54, 1.807) is 0 Å². The third kappa shape index (κ3) is 3.56. The highest BCUT2D eigenvalue weighted by atomic mass is 32.1. The van der Waals surface area contributed by atoms with Gasteiger partial charge in [0, 0.05) is 50.9 Å². The SMILES string of the molecule is Cc1cccc(NC(=S)NN=C2C3CN4CCN(C3)CC2(c2ccccc2)C4)c1. The van der Waals surface area contributed by atoms with E-state index >= 15 is 0 Å². The molecule has 4 bridgehead atoms. The van der Waals surface area contributed by atoms with Crippen molar-refractivity contribution in [3.8, 4) is 0 Å². The standard InChI is InChI=1S/C23H27N5S/c1-17-6-5-9-20(12-17)24-22(29)26-25-21-18-13-27-10-11-28(14-18)16-23(21,15-27)19-7-3-2-4-8-19/h2-9,12,18H,10-11,13-16H2,1H3,(H2,24,26,29). The van der Waals surface area contributed by atoms with Gasteiger partial charge in [-0.1, -0.05) is 42.5 Å². The Morgan fingerprint density at radius 1 is 1.03 bits per heavy atom. The van der Waals surface area contributed by atoms with Crippen LogP contribution in [0.25, 0.3) is 0 Å². The summed E-state index contributed by atoms with van der Waals surface area (Å²) in [6, 6.07) is 19.1. The van der Waals surface area contributed by atoms with Crippen molar-refractivity contribution in [2.45, 2.75) is 12.3 Å². The zero-order valence-corrected chi connectivity index (χ0v) is 17.6. The van der Waals surface area contributed by atoms with E-state index in [2.05, 4.69) is 69.9 Å². The lowest BCUT2D eigenvalue weighted by Crippen LogP contribution is -2.64. The van der Waals surface area contributed by atoms with Gasteiger partial charge in [0.15, 0.2) is 5.11 Å². The van der Waals surface area contributed by atoms with Crippen LogP contribution in [0, 0.1) is 12.8 Å². The second kappa shape index (κ2) is 7.52. The van der Waals surface area contributed by atoms with Crippen LogP contribution in [-0.2, 0) is 5.41 Å². The molecule has 0 amide bonds. The molecule has 150 valence electrons. The van der Waals surface area contributed by atoms with Crippen LogP contribution in [0.1, 0.15) is 11.1 Å². The van der Waals surface area contributed by atoms with Gasteiger partial charge in [-0.15, -0.1) is 0 Å². The summed E-state index contributed by atoms with van der Waals surface area (Å²) in [6.45, 7) is 8.62. The Balaban J connectivity index is 1.43. The molecule has 4 heterocycles. The number of nitrogens with one attached hydrogen (secondary N) is 2. The highest BCUT2D eigenvalue weighted by molar-refractivity contribution is 7.80. The zero-order chi connectivity index (χ0) is 19.8. The molecule has 0 aliphatic carbocycles. The number of hydrogen-bond acceptors (Lipinski definition) is 4. The van der Waals surface area contributed by atoms with Crippen LogP contribution in [-0.4, -0.2) is 59.9 Å². The summed E-state index contributed by atoms with van der Waals surface area (Å²) in [5.74, 6) is 0.439. The van der Waals surface area contributed by atoms with E-state index in [0.29, 0.717) is 11.0 Å². The first kappa shape index (κ1) is 18.7. The highest BCUT2D eigenvalue weighted by Gasteiger charge is 2.53. The summed E-state index contributed by atoms with van der Waals surface area (Å²) in [5.41, 5.74) is 7.90. The van der Waals surface area contributed by atoms with Crippen molar-refractivity contribution in [2.24, 2.45) is 11.0 Å². The van der Waals surface area contributed by atoms with Crippen molar-refractivity contribution in [3.05, 3.63) is 65.7 Å². The quantitative estimate of drug-likeness (QED) is 0.607. The molecule has 2 aromatic carbocycles. The van der Waals surface area contributed by atoms with Crippen molar-refractivity contribution in [2.75, 3.05) is 44.6 Å². The molecule has 2 aromatic rings. The number of rotatable bonds is 3. The molecule has 0 saturated carbocycles. The summed E-state index contributed by atoms with van der Waals surface area (Å²) in [6.07, 6.45) is 0. The maximum atomic E-state index is 5.54. The van der Waals surface area contributed by atoms with Crippen LogP contribution in [0.3, 0.4) is 0 Å². The molecule has 0 aromatic heterocycles. The van der Waals surface area contributed by atoms with Gasteiger partial charge in [0.2, 0.25) is 0 Å². The maximum Gasteiger partial charge on any atom is 0.191 e. The van der Waals surface area contributed by atoms with Crippen LogP contribution >= 0.6 is 12.2 Å². The molecule has 4 saturated heterocycles. The third-order valence-corrected chi connectivity index (χ3v) is 6.63. The molecule has 0 spiro atoms. The van der Waals surface area contributed by atoms with Crippen molar-refractivity contribution >= 4 is 28.7 Å². The third-order valence-electron chi connectivity index (χ3n) is 6.43. The molecule has 2 atom stereocenters. The van der Waals surface area contributed by atoms with Crippen LogP contribution in [0.2, 0.25) is 0 Å². The summed E-state index contributed by atoms with van der Waals surface area (Å²) < 4.78 is 0. The smallest absolute Gasteiger partial charge is 0.191 e. The fourth-order valence-corrected chi connectivity index (χ4v) is 5.42. The van der Waals surface area contributed by atoms with E-state index in [4.69, 9.17) is 17.3 Å². The summed E-state index contributed by atoms with van der Waals surface area (Å²) in [5, 5.41) is 8.74. The van der Waals surface area contributed by atoms with Gasteiger partial charge in [0.1, 0.15) is 0 Å². The molecule has 4 fully saturated rings. The van der Waals surface area contributed by atoms with E-state index in [9.17, 15) is 0 Å². The number of piperidine rings is 2. The second-order valence-electron chi connectivity index (χ2n) is 8.55. The molecule has 0 radical (unpaired) electrons. The van der Waals surface area contributed by atoms with Crippen LogP contribution in [0.15, 0.2) is 59.7 Å². The van der Waals surface area contributed by atoms with E-state index in [1.165, 1.54) is 16.8 Å². The number of benzene rings is 2. The van der Waals surface area contributed by atoms with E-state index in [0.717, 1.165) is 45.0 Å². The van der Waals surface area contributed by atoms with Crippen LogP contribution in [0.4, 0.5) is 5.69 Å². The molecule has 4 aliphatic heterocycles. The van der Waals surface area contributed by atoms with Gasteiger partial charge in [-0.2, -0.15) is 5.10 Å². The predicted molar refractivity (Wildman–Crippen MR) is 122 cm³/mol. The molecule has 6 rings (SSSR count). The van der Waals surface area contributed by atoms with Gasteiger partial charge in [-0.3, -0.25) is 5.43 Å². The normalized spacial score (nSPS) is 31.5. The van der Waals surface area contributed by atoms with Gasteiger partial charge in [0.25, 0.3) is 0 Å². The van der Waals surface area contributed by atoms with E-state index in [-0.39, 0.29) is 5.41 Å². The number of hydrazone groups is 1. The van der Waals surface area contributed by atoms with Crippen LogP contribution in [0.5, 0.6) is 0 Å². The number of fused-ring (bicyclic) bond motifs is 1. The lowest BCUT2D eigenvalue weighted by molar-refractivity contribution is 0.163. The number of thiocarbonyl (C=S) groups is 1. The molecule has 29 heavy (non-hydrogen) atoms. The van der Waals surface area contributed by atoms with E-state index < -0.39 is 0 Å². The number of aryl methyl sites for hydroxylation is 1. The first-order valence-corrected chi connectivity index (χ1v) is 10.8. The predicted octanol–water partition coefficient (Wildman–Crippen LogP) is 2.84. The average Bonchev–Trinajstić information content (AvgIpc) is 2.96. The summed E-state index contributed by atoms with van der Waals surface area (Å²) >= 11 is 5.54. The number of nitrogens with zero attached hydrogens (tertiary/aromatic N) is 3. The van der Waals surface area contributed by atoms with Gasteiger partial charge in [-0.05, 0) is 42.4 Å². The number of anilines is 1. The minimum absolute atomic E-state index is 0.0646. The zero-order valence-electron chi connectivity index (χ0n) is 16.8. The van der Waals surface area contributed by atoms with Gasteiger partial charge in [0.05, 0.1) is 11.1 Å². The van der Waals surface area contributed by atoms with Gasteiger partial charge >= 0.3 is 0 Å². The lowest BCUT2D eigenvalue weighted by atomic mass is 9.66. The Kier molecular flexibility index (Phi) is 4.86. The topological polar surface area (TPSA) is 42.9 Å². The molecule has 2 unspecified atom stereocenters. The minimum atomic E-state index is -0.0646. The Hall–Kier alpha value is -2.28. The maximum absolute atomic E-state index is 5.54. The molecule has 6 heteroatoms. The molecular weight excluding hydrogens is 378 g/mol. The van der Waals surface area contributed by atoms with Crippen LogP contribution < -0.4 is 10.7 Å². The highest BCUT2D eigenvalue weighted by Crippen LogP contribution is 2.41. The summed E-state index contributed by atoms with van der Waals surface area (Å²) in [7, 11) is 0. The first-order chi connectivity index (χ1) is 14.1. The van der Waals surface area contributed by atoms with Crippen molar-refractivity contribution in [3.63, 3.8) is 0 Å². The fraction of sp³-hybridized carbons (Fsp3) is 0.391. The largest absolute Gasteiger partial charge is 0.331 e. The molecular formula is C23H27N5S. The van der Waals surface area contributed by atoms with Crippen molar-refractivity contribution in [1.82, 2.24) is 15.2 Å².